The van der Waals surface area contributed by atoms with Gasteiger partial charge in [-0.2, -0.15) is 0 Å². The maximum Gasteiger partial charge on any atom is 0.0638 e. The second kappa shape index (κ2) is 7.20. The van der Waals surface area contributed by atoms with E-state index in [-0.39, 0.29) is 5.60 Å². The number of rotatable bonds is 8. The zero-order chi connectivity index (χ0) is 11.9. The number of hydrogen-bond acceptors (Lipinski definition) is 3. The first-order valence-corrected chi connectivity index (χ1v) is 5.96. The van der Waals surface area contributed by atoms with Crippen molar-refractivity contribution in [1.82, 2.24) is 5.43 Å². The molecule has 0 radical (unpaired) electrons. The summed E-state index contributed by atoms with van der Waals surface area (Å²) in [6.07, 6.45) is 4.59. The van der Waals surface area contributed by atoms with Crippen LogP contribution in [0.25, 0.3) is 0 Å². The van der Waals surface area contributed by atoms with Crippen LogP contribution in [0.15, 0.2) is 0 Å². The molecule has 0 rings (SSSR count). The molecule has 0 bridgehead atoms. The molecule has 0 saturated carbocycles. The maximum atomic E-state index is 5.57. The Morgan fingerprint density at radius 2 is 2.00 bits per heavy atom. The van der Waals surface area contributed by atoms with Crippen LogP contribution in [0, 0.1) is 5.92 Å². The molecule has 0 aromatic heterocycles. The lowest BCUT2D eigenvalue weighted by Gasteiger charge is -2.29. The zero-order valence-electron chi connectivity index (χ0n) is 11.0. The number of hydrogen-bond donors (Lipinski definition) is 2. The minimum atomic E-state index is -0.0943. The molecular weight excluding hydrogens is 188 g/mol. The number of ether oxygens (including phenoxy) is 1. The van der Waals surface area contributed by atoms with Gasteiger partial charge in [-0.3, -0.25) is 11.3 Å². The number of methoxy groups -OCH3 is 1. The normalized spacial score (nSPS) is 16.4. The molecular formula is C12H28N2O. The molecule has 15 heavy (non-hydrogen) atoms. The van der Waals surface area contributed by atoms with E-state index < -0.39 is 0 Å². The molecule has 0 spiro atoms. The summed E-state index contributed by atoms with van der Waals surface area (Å²) in [7, 11) is 1.75. The molecule has 3 nitrogen and oxygen atoms in total. The standard InChI is InChI=1S/C12H28N2O/c1-6-7-10(2)8-11(14-13)9-12(3,4)15-5/h10-11,14H,6-9,13H2,1-5H3. The Bertz CT molecular complexity index is 160. The van der Waals surface area contributed by atoms with Gasteiger partial charge in [-0.05, 0) is 32.6 Å². The Kier molecular flexibility index (Phi) is 7.14. The Morgan fingerprint density at radius 1 is 1.40 bits per heavy atom. The number of nitrogens with two attached hydrogens (primary N) is 1. The zero-order valence-corrected chi connectivity index (χ0v) is 11.0. The molecule has 0 saturated heterocycles. The van der Waals surface area contributed by atoms with Gasteiger partial charge in [0, 0.05) is 13.2 Å². The molecule has 3 N–H and O–H groups in total. The summed E-state index contributed by atoms with van der Waals surface area (Å²) in [5.74, 6) is 6.30. The molecule has 0 aromatic carbocycles. The van der Waals surface area contributed by atoms with E-state index in [0.29, 0.717) is 6.04 Å². The van der Waals surface area contributed by atoms with Crippen molar-refractivity contribution in [3.05, 3.63) is 0 Å². The lowest BCUT2D eigenvalue weighted by atomic mass is 9.90. The molecule has 2 atom stereocenters. The van der Waals surface area contributed by atoms with Gasteiger partial charge >= 0.3 is 0 Å². The van der Waals surface area contributed by atoms with Gasteiger partial charge in [0.15, 0.2) is 0 Å². The highest BCUT2D eigenvalue weighted by Crippen LogP contribution is 2.21. The fourth-order valence-electron chi connectivity index (χ4n) is 1.98. The summed E-state index contributed by atoms with van der Waals surface area (Å²) in [5, 5.41) is 0. The summed E-state index contributed by atoms with van der Waals surface area (Å²) in [6.45, 7) is 8.71. The lowest BCUT2D eigenvalue weighted by molar-refractivity contribution is 0.00509. The van der Waals surface area contributed by atoms with Crippen LogP contribution < -0.4 is 11.3 Å². The van der Waals surface area contributed by atoms with E-state index in [1.807, 2.05) is 0 Å². The predicted molar refractivity (Wildman–Crippen MR) is 65.5 cm³/mol. The van der Waals surface area contributed by atoms with Gasteiger partial charge < -0.3 is 4.74 Å². The van der Waals surface area contributed by atoms with Crippen molar-refractivity contribution in [2.45, 2.75) is 65.0 Å². The summed E-state index contributed by atoms with van der Waals surface area (Å²) >= 11 is 0. The predicted octanol–water partition coefficient (Wildman–Crippen LogP) is 2.46. The first kappa shape index (κ1) is 14.9. The van der Waals surface area contributed by atoms with Crippen molar-refractivity contribution in [2.75, 3.05) is 7.11 Å². The van der Waals surface area contributed by atoms with Crippen LogP contribution in [0.5, 0.6) is 0 Å². The lowest BCUT2D eigenvalue weighted by Crippen LogP contribution is -2.42. The van der Waals surface area contributed by atoms with Crippen LogP contribution in [0.1, 0.15) is 53.4 Å². The minimum absolute atomic E-state index is 0.0943. The Morgan fingerprint density at radius 3 is 2.40 bits per heavy atom. The van der Waals surface area contributed by atoms with Crippen molar-refractivity contribution >= 4 is 0 Å². The molecule has 3 heteroatoms. The largest absolute Gasteiger partial charge is 0.379 e. The fourth-order valence-corrected chi connectivity index (χ4v) is 1.98. The van der Waals surface area contributed by atoms with E-state index in [1.54, 1.807) is 7.11 Å². The van der Waals surface area contributed by atoms with Crippen LogP contribution >= 0.6 is 0 Å². The summed E-state index contributed by atoms with van der Waals surface area (Å²) < 4.78 is 5.42. The first-order valence-electron chi connectivity index (χ1n) is 5.96. The van der Waals surface area contributed by atoms with Gasteiger partial charge in [-0.25, -0.2) is 0 Å². The smallest absolute Gasteiger partial charge is 0.0638 e. The third-order valence-corrected chi connectivity index (χ3v) is 2.99. The quantitative estimate of drug-likeness (QED) is 0.484. The molecule has 92 valence electrons. The molecule has 2 unspecified atom stereocenters. The summed E-state index contributed by atoms with van der Waals surface area (Å²) in [5.41, 5.74) is 2.81. The van der Waals surface area contributed by atoms with Gasteiger partial charge in [0.25, 0.3) is 0 Å². The highest BCUT2D eigenvalue weighted by Gasteiger charge is 2.23. The molecule has 0 aliphatic heterocycles. The monoisotopic (exact) mass is 216 g/mol. The Labute approximate surface area is 94.7 Å². The average molecular weight is 216 g/mol. The first-order chi connectivity index (χ1) is 6.95. The third-order valence-electron chi connectivity index (χ3n) is 2.99. The van der Waals surface area contributed by atoms with Gasteiger partial charge in [0.05, 0.1) is 5.60 Å². The van der Waals surface area contributed by atoms with Crippen LogP contribution in [-0.2, 0) is 4.74 Å². The van der Waals surface area contributed by atoms with Crippen LogP contribution in [-0.4, -0.2) is 18.8 Å². The van der Waals surface area contributed by atoms with Crippen molar-refractivity contribution in [3.8, 4) is 0 Å². The van der Waals surface area contributed by atoms with Gasteiger partial charge in [0.2, 0.25) is 0 Å². The van der Waals surface area contributed by atoms with Crippen LogP contribution in [0.4, 0.5) is 0 Å². The van der Waals surface area contributed by atoms with Crippen LogP contribution in [0.2, 0.25) is 0 Å². The van der Waals surface area contributed by atoms with E-state index in [9.17, 15) is 0 Å². The average Bonchev–Trinajstić information content (AvgIpc) is 2.17. The molecule has 0 aliphatic carbocycles. The van der Waals surface area contributed by atoms with E-state index in [0.717, 1.165) is 18.8 Å². The second-order valence-corrected chi connectivity index (χ2v) is 5.16. The van der Waals surface area contributed by atoms with Crippen molar-refractivity contribution < 1.29 is 4.74 Å². The van der Waals surface area contributed by atoms with Crippen molar-refractivity contribution in [3.63, 3.8) is 0 Å². The summed E-state index contributed by atoms with van der Waals surface area (Å²) in [4.78, 5) is 0. The van der Waals surface area contributed by atoms with E-state index >= 15 is 0 Å². The topological polar surface area (TPSA) is 47.3 Å². The molecule has 0 aliphatic rings. The van der Waals surface area contributed by atoms with E-state index in [2.05, 4.69) is 33.1 Å². The van der Waals surface area contributed by atoms with E-state index in [1.165, 1.54) is 12.8 Å². The van der Waals surface area contributed by atoms with Crippen molar-refractivity contribution in [2.24, 2.45) is 11.8 Å². The third kappa shape index (κ3) is 6.88. The SMILES string of the molecule is CCCC(C)CC(CC(C)(C)OC)NN. The second-order valence-electron chi connectivity index (χ2n) is 5.16. The van der Waals surface area contributed by atoms with Crippen molar-refractivity contribution in [1.29, 1.82) is 0 Å². The molecule has 0 aromatic rings. The van der Waals surface area contributed by atoms with Gasteiger partial charge in [-0.15, -0.1) is 0 Å². The molecule has 0 fully saturated rings. The Hall–Kier alpha value is -0.120. The highest BCUT2D eigenvalue weighted by atomic mass is 16.5. The minimum Gasteiger partial charge on any atom is -0.379 e. The van der Waals surface area contributed by atoms with Gasteiger partial charge in [-0.1, -0.05) is 26.7 Å². The highest BCUT2D eigenvalue weighted by molar-refractivity contribution is 4.78. The Balaban J connectivity index is 4.02. The van der Waals surface area contributed by atoms with E-state index in [4.69, 9.17) is 10.6 Å². The molecule has 0 amide bonds. The fraction of sp³-hybridized carbons (Fsp3) is 1.00. The maximum absolute atomic E-state index is 5.57. The molecule has 0 heterocycles. The number of nitrogens with one attached hydrogen (secondary N) is 1. The van der Waals surface area contributed by atoms with Crippen LogP contribution in [0.3, 0.4) is 0 Å². The summed E-state index contributed by atoms with van der Waals surface area (Å²) in [6, 6.07) is 0.349. The van der Waals surface area contributed by atoms with Gasteiger partial charge in [0.1, 0.15) is 0 Å². The number of hydrazine groups is 1.